The maximum Gasteiger partial charge on any atom is 0.251 e. The average Bonchev–Trinajstić information content (AvgIpc) is 2.53. The van der Waals surface area contributed by atoms with E-state index in [1.165, 1.54) is 11.8 Å². The molecule has 22 heavy (non-hydrogen) atoms. The summed E-state index contributed by atoms with van der Waals surface area (Å²) in [5, 5.41) is 10.2. The lowest BCUT2D eigenvalue weighted by Gasteiger charge is -2.15. The first kappa shape index (κ1) is 15.9. The minimum atomic E-state index is -0.320. The zero-order valence-corrected chi connectivity index (χ0v) is 12.9. The Kier molecular flexibility index (Phi) is 5.43. The number of hydrogen-bond acceptors (Lipinski definition) is 5. The fourth-order valence-corrected chi connectivity index (χ4v) is 2.49. The molecule has 0 saturated carbocycles. The Labute approximate surface area is 133 Å². The number of aromatic hydroxyl groups is 1. The van der Waals surface area contributed by atoms with Crippen molar-refractivity contribution in [1.82, 2.24) is 15.8 Å². The fraction of sp³-hybridized carbons (Fsp3) is 0.125. The van der Waals surface area contributed by atoms with Gasteiger partial charge in [-0.2, -0.15) is 0 Å². The molecular weight excluding hydrogens is 298 g/mol. The molecule has 0 radical (unpaired) electrons. The van der Waals surface area contributed by atoms with Gasteiger partial charge in [-0.15, -0.1) is 0 Å². The monoisotopic (exact) mass is 315 g/mol. The number of para-hydroxylation sites is 1. The van der Waals surface area contributed by atoms with Gasteiger partial charge >= 0.3 is 0 Å². The van der Waals surface area contributed by atoms with Gasteiger partial charge in [0.25, 0.3) is 5.91 Å². The van der Waals surface area contributed by atoms with Crippen molar-refractivity contribution in [1.29, 1.82) is 0 Å². The van der Waals surface area contributed by atoms with Gasteiger partial charge in [-0.1, -0.05) is 36.5 Å². The molecular formula is C16H17N3O2S. The zero-order valence-electron chi connectivity index (χ0n) is 12.1. The maximum absolute atomic E-state index is 12.0. The Morgan fingerprint density at radius 2 is 1.95 bits per heavy atom. The van der Waals surface area contributed by atoms with Gasteiger partial charge in [-0.05, 0) is 31.2 Å². The topological polar surface area (TPSA) is 74.2 Å². The maximum atomic E-state index is 12.0. The first-order valence-electron chi connectivity index (χ1n) is 6.68. The molecule has 0 bridgehead atoms. The van der Waals surface area contributed by atoms with Gasteiger partial charge in [0.1, 0.15) is 5.75 Å². The zero-order chi connectivity index (χ0) is 15.9. The van der Waals surface area contributed by atoms with Crippen molar-refractivity contribution in [3.8, 4) is 5.75 Å². The van der Waals surface area contributed by atoms with Crippen molar-refractivity contribution in [2.45, 2.75) is 17.2 Å². The number of phenolic OH excluding ortho intramolecular Hbond substituents is 1. The summed E-state index contributed by atoms with van der Waals surface area (Å²) in [4.78, 5) is 16.2. The molecule has 1 heterocycles. The van der Waals surface area contributed by atoms with E-state index in [1.54, 1.807) is 37.4 Å². The second kappa shape index (κ2) is 7.51. The van der Waals surface area contributed by atoms with Gasteiger partial charge < -0.3 is 5.11 Å². The second-order valence-electron chi connectivity index (χ2n) is 4.54. The second-order valence-corrected chi connectivity index (χ2v) is 5.90. The predicted octanol–water partition coefficient (Wildman–Crippen LogP) is 2.56. The molecule has 0 aliphatic rings. The van der Waals surface area contributed by atoms with Gasteiger partial charge in [0, 0.05) is 11.8 Å². The van der Waals surface area contributed by atoms with E-state index >= 15 is 0 Å². The van der Waals surface area contributed by atoms with E-state index in [2.05, 4.69) is 22.4 Å². The highest BCUT2D eigenvalue weighted by Crippen LogP contribution is 2.22. The Morgan fingerprint density at radius 3 is 2.64 bits per heavy atom. The third-order valence-corrected chi connectivity index (χ3v) is 3.92. The molecule has 0 saturated heterocycles. The van der Waals surface area contributed by atoms with E-state index in [0.717, 1.165) is 5.03 Å². The molecule has 1 unspecified atom stereocenters. The number of amides is 1. The third kappa shape index (κ3) is 4.26. The van der Waals surface area contributed by atoms with Crippen molar-refractivity contribution >= 4 is 23.4 Å². The molecule has 1 amide bonds. The van der Waals surface area contributed by atoms with Crippen molar-refractivity contribution < 1.29 is 9.90 Å². The molecule has 1 aromatic heterocycles. The number of carbonyl (C=O) groups is 1. The number of rotatable bonds is 6. The number of hydrazine groups is 1. The number of nitrogens with zero attached hydrogens (tertiary/aromatic N) is 1. The summed E-state index contributed by atoms with van der Waals surface area (Å²) in [6.07, 6.45) is 1.69. The van der Waals surface area contributed by atoms with E-state index < -0.39 is 0 Å². The standard InChI is InChI=1S/C16H17N3O2S/c1-11(13-7-3-4-8-14(13)20)18-19-16(21)12(2)22-15-9-5-6-10-17-15/h3-10,12,18,20H,1H2,2H3,(H,19,21). The van der Waals surface area contributed by atoms with Crippen LogP contribution < -0.4 is 10.9 Å². The number of pyridine rings is 1. The first-order valence-corrected chi connectivity index (χ1v) is 7.56. The van der Waals surface area contributed by atoms with Crippen molar-refractivity contribution in [3.05, 3.63) is 60.8 Å². The van der Waals surface area contributed by atoms with Crippen LogP contribution in [0, 0.1) is 0 Å². The molecule has 0 fully saturated rings. The van der Waals surface area contributed by atoms with E-state index in [9.17, 15) is 9.90 Å². The number of aromatic nitrogens is 1. The van der Waals surface area contributed by atoms with Crippen LogP contribution >= 0.6 is 11.8 Å². The van der Waals surface area contributed by atoms with Crippen LogP contribution in [0.5, 0.6) is 5.75 Å². The molecule has 2 aromatic rings. The molecule has 114 valence electrons. The molecule has 0 spiro atoms. The largest absolute Gasteiger partial charge is 0.507 e. The summed E-state index contributed by atoms with van der Waals surface area (Å²) in [6, 6.07) is 12.3. The van der Waals surface area contributed by atoms with Crippen molar-refractivity contribution in [2.75, 3.05) is 0 Å². The highest BCUT2D eigenvalue weighted by atomic mass is 32.2. The summed E-state index contributed by atoms with van der Waals surface area (Å²) < 4.78 is 0. The molecule has 2 rings (SSSR count). The summed E-state index contributed by atoms with van der Waals surface area (Å²) in [5.74, 6) is -0.0996. The number of phenols is 1. The van der Waals surface area contributed by atoms with Gasteiger partial charge in [0.05, 0.1) is 16.0 Å². The van der Waals surface area contributed by atoms with Crippen LogP contribution in [0.25, 0.3) is 5.70 Å². The van der Waals surface area contributed by atoms with Gasteiger partial charge in [0.2, 0.25) is 0 Å². The average molecular weight is 315 g/mol. The molecule has 1 aromatic carbocycles. The predicted molar refractivity (Wildman–Crippen MR) is 88.0 cm³/mol. The Balaban J connectivity index is 1.87. The molecule has 1 atom stereocenters. The highest BCUT2D eigenvalue weighted by Gasteiger charge is 2.15. The van der Waals surface area contributed by atoms with Crippen molar-refractivity contribution in [3.63, 3.8) is 0 Å². The molecule has 6 heteroatoms. The number of nitrogens with one attached hydrogen (secondary N) is 2. The molecule has 0 aliphatic carbocycles. The Hall–Kier alpha value is -2.47. The van der Waals surface area contributed by atoms with Gasteiger partial charge in [-0.3, -0.25) is 15.6 Å². The van der Waals surface area contributed by atoms with Crippen LogP contribution in [0.1, 0.15) is 12.5 Å². The van der Waals surface area contributed by atoms with E-state index in [4.69, 9.17) is 0 Å². The summed E-state index contributed by atoms with van der Waals surface area (Å²) in [5.41, 5.74) is 6.25. The minimum absolute atomic E-state index is 0.102. The van der Waals surface area contributed by atoms with Crippen LogP contribution in [0.2, 0.25) is 0 Å². The van der Waals surface area contributed by atoms with Crippen LogP contribution in [-0.4, -0.2) is 21.2 Å². The third-order valence-electron chi connectivity index (χ3n) is 2.87. The Morgan fingerprint density at radius 1 is 1.23 bits per heavy atom. The van der Waals surface area contributed by atoms with E-state index in [0.29, 0.717) is 11.3 Å². The smallest absolute Gasteiger partial charge is 0.251 e. The normalized spacial score (nSPS) is 11.5. The van der Waals surface area contributed by atoms with Gasteiger partial charge in [-0.25, -0.2) is 4.98 Å². The SMILES string of the molecule is C=C(NNC(=O)C(C)Sc1ccccn1)c1ccccc1O. The van der Waals surface area contributed by atoms with Crippen LogP contribution in [0.3, 0.4) is 0 Å². The molecule has 0 aliphatic heterocycles. The highest BCUT2D eigenvalue weighted by molar-refractivity contribution is 8.00. The number of carbonyl (C=O) groups excluding carboxylic acids is 1. The molecule has 5 nitrogen and oxygen atoms in total. The number of benzene rings is 1. The minimum Gasteiger partial charge on any atom is -0.507 e. The lowest BCUT2D eigenvalue weighted by atomic mass is 10.1. The molecule has 3 N–H and O–H groups in total. The Bertz CT molecular complexity index is 661. The van der Waals surface area contributed by atoms with E-state index in [-0.39, 0.29) is 16.9 Å². The fourth-order valence-electron chi connectivity index (χ4n) is 1.69. The quantitative estimate of drug-likeness (QED) is 0.564. The lowest BCUT2D eigenvalue weighted by molar-refractivity contribution is -0.120. The van der Waals surface area contributed by atoms with Crippen LogP contribution in [0.4, 0.5) is 0 Å². The lowest BCUT2D eigenvalue weighted by Crippen LogP contribution is -2.40. The van der Waals surface area contributed by atoms with Crippen molar-refractivity contribution in [2.24, 2.45) is 0 Å². The van der Waals surface area contributed by atoms with E-state index in [1.807, 2.05) is 18.2 Å². The summed E-state index contributed by atoms with van der Waals surface area (Å²) >= 11 is 1.36. The summed E-state index contributed by atoms with van der Waals surface area (Å²) in [6.45, 7) is 5.59. The number of hydrogen-bond donors (Lipinski definition) is 3. The van der Waals surface area contributed by atoms with Crippen LogP contribution in [-0.2, 0) is 4.79 Å². The number of thioether (sulfide) groups is 1. The van der Waals surface area contributed by atoms with Gasteiger partial charge in [0.15, 0.2) is 0 Å². The van der Waals surface area contributed by atoms with Crippen LogP contribution in [0.15, 0.2) is 60.3 Å². The summed E-state index contributed by atoms with van der Waals surface area (Å²) in [7, 11) is 0. The first-order chi connectivity index (χ1) is 10.6.